The second-order valence-electron chi connectivity index (χ2n) is 6.63. The van der Waals surface area contributed by atoms with E-state index in [-0.39, 0.29) is 0 Å². The number of halogens is 4. The lowest BCUT2D eigenvalue weighted by atomic mass is 10.00. The van der Waals surface area contributed by atoms with Gasteiger partial charge in [0.2, 0.25) is 0 Å². The van der Waals surface area contributed by atoms with Crippen molar-refractivity contribution in [1.82, 2.24) is 0 Å². The van der Waals surface area contributed by atoms with E-state index in [0.29, 0.717) is 15.4 Å². The van der Waals surface area contributed by atoms with Crippen LogP contribution >= 0.6 is 21.9 Å². The molecule has 0 N–H and O–H groups in total. The Hall–Kier alpha value is -1.22. The summed E-state index contributed by atoms with van der Waals surface area (Å²) in [5, 5.41) is -0.436. The van der Waals surface area contributed by atoms with Crippen molar-refractivity contribution in [2.24, 2.45) is 0 Å². The lowest BCUT2D eigenvalue weighted by molar-refractivity contribution is -0.0496. The van der Waals surface area contributed by atoms with E-state index < -0.39 is 31.1 Å². The lowest BCUT2D eigenvalue weighted by Crippen LogP contribution is -2.28. The van der Waals surface area contributed by atoms with Gasteiger partial charge in [0.25, 0.3) is 0 Å². The molecule has 0 heterocycles. The monoisotopic (exact) mass is 454 g/mol. The average molecular weight is 455 g/mol. The summed E-state index contributed by atoms with van der Waals surface area (Å²) in [6, 6.07) is 8.21. The van der Waals surface area contributed by atoms with Crippen molar-refractivity contribution in [2.75, 3.05) is 5.21 Å². The Labute approximate surface area is 170 Å². The topological polar surface area (TPSA) is 43.4 Å². The standard InChI is InChI=1S/C19H22ClF3O3S2/c1-12-6-8-17(9-7-12)27(11-20,26-28(24,25)19(21,22)23)18-10-13(2)14(3)15(4)16(18)5/h6-10H,11H2,1-5H3. The first-order chi connectivity index (χ1) is 12.8. The van der Waals surface area contributed by atoms with Crippen LogP contribution in [0.15, 0.2) is 40.1 Å². The summed E-state index contributed by atoms with van der Waals surface area (Å²) in [5.74, 6) is 0. The Morgan fingerprint density at radius 2 is 1.46 bits per heavy atom. The van der Waals surface area contributed by atoms with Crippen LogP contribution in [0.2, 0.25) is 0 Å². The zero-order valence-corrected chi connectivity index (χ0v) is 18.5. The highest BCUT2D eigenvalue weighted by atomic mass is 35.5. The van der Waals surface area contributed by atoms with Crippen LogP contribution < -0.4 is 0 Å². The molecule has 0 aliphatic carbocycles. The second-order valence-corrected chi connectivity index (χ2v) is 11.7. The molecule has 0 fully saturated rings. The first kappa shape index (κ1) is 23.1. The largest absolute Gasteiger partial charge is 0.523 e. The zero-order chi connectivity index (χ0) is 21.5. The van der Waals surface area contributed by atoms with Crippen LogP contribution in [0.4, 0.5) is 13.2 Å². The van der Waals surface area contributed by atoms with Gasteiger partial charge in [-0.15, -0.1) is 11.6 Å². The fraction of sp³-hybridized carbons (Fsp3) is 0.368. The number of hydrogen-bond donors (Lipinski definition) is 0. The third kappa shape index (κ3) is 4.06. The molecule has 0 saturated heterocycles. The van der Waals surface area contributed by atoms with Crippen molar-refractivity contribution in [1.29, 1.82) is 0 Å². The molecule has 9 heteroatoms. The SMILES string of the molecule is Cc1ccc(S(CCl)(OS(=O)(=O)C(F)(F)F)c2cc(C)c(C)c(C)c2C)cc1. The fourth-order valence-electron chi connectivity index (χ4n) is 2.81. The van der Waals surface area contributed by atoms with Gasteiger partial charge in [-0.2, -0.15) is 21.6 Å². The molecule has 0 saturated carbocycles. The third-order valence-corrected chi connectivity index (χ3v) is 10.4. The minimum absolute atomic E-state index is 0.312. The molecule has 0 bridgehead atoms. The summed E-state index contributed by atoms with van der Waals surface area (Å²) in [6.45, 7) is 9.12. The Bertz CT molecular complexity index is 987. The maximum Gasteiger partial charge on any atom is 0.523 e. The highest BCUT2D eigenvalue weighted by molar-refractivity contribution is 8.33. The molecule has 0 aliphatic heterocycles. The Morgan fingerprint density at radius 1 is 0.929 bits per heavy atom. The molecule has 3 nitrogen and oxygen atoms in total. The van der Waals surface area contributed by atoms with Crippen molar-refractivity contribution in [3.63, 3.8) is 0 Å². The molecule has 1 unspecified atom stereocenters. The van der Waals surface area contributed by atoms with Gasteiger partial charge in [-0.25, -0.2) is 3.63 Å². The minimum atomic E-state index is -5.87. The van der Waals surface area contributed by atoms with Crippen molar-refractivity contribution in [3.8, 4) is 0 Å². The third-order valence-electron chi connectivity index (χ3n) is 4.83. The van der Waals surface area contributed by atoms with Gasteiger partial charge >= 0.3 is 15.6 Å². The van der Waals surface area contributed by atoms with E-state index in [1.165, 1.54) is 0 Å². The van der Waals surface area contributed by atoms with Gasteiger partial charge in [0, 0.05) is 9.79 Å². The van der Waals surface area contributed by atoms with Crippen LogP contribution in [0.3, 0.4) is 0 Å². The smallest absolute Gasteiger partial charge is 0.203 e. The van der Waals surface area contributed by atoms with Crippen molar-refractivity contribution in [3.05, 3.63) is 58.1 Å². The molecule has 156 valence electrons. The second kappa shape index (κ2) is 7.89. The zero-order valence-electron chi connectivity index (χ0n) is 16.1. The Kier molecular flexibility index (Phi) is 6.50. The Morgan fingerprint density at radius 3 is 1.93 bits per heavy atom. The predicted molar refractivity (Wildman–Crippen MR) is 107 cm³/mol. The van der Waals surface area contributed by atoms with Gasteiger partial charge in [-0.3, -0.25) is 0 Å². The van der Waals surface area contributed by atoms with Crippen LogP contribution in [0.1, 0.15) is 27.8 Å². The number of hydrogen-bond acceptors (Lipinski definition) is 3. The molecule has 1 atom stereocenters. The Balaban J connectivity index is 2.89. The maximum absolute atomic E-state index is 13.2. The first-order valence-corrected chi connectivity index (χ1v) is 12.0. The molecular formula is C19H22ClF3O3S2. The number of alkyl halides is 4. The molecule has 2 aromatic rings. The molecule has 0 amide bonds. The number of rotatable bonds is 5. The molecule has 0 spiro atoms. The summed E-state index contributed by atoms with van der Waals surface area (Å²) >= 11 is 6.19. The van der Waals surface area contributed by atoms with E-state index in [0.717, 1.165) is 22.3 Å². The van der Waals surface area contributed by atoms with Gasteiger partial charge in [0.15, 0.2) is 0 Å². The van der Waals surface area contributed by atoms with Crippen LogP contribution in [0, 0.1) is 34.6 Å². The highest BCUT2D eigenvalue weighted by Gasteiger charge is 2.52. The van der Waals surface area contributed by atoms with Gasteiger partial charge in [-0.1, -0.05) is 17.7 Å². The summed E-state index contributed by atoms with van der Waals surface area (Å²) in [4.78, 5) is 0.687. The molecule has 0 radical (unpaired) electrons. The van der Waals surface area contributed by atoms with Crippen LogP contribution in [0.5, 0.6) is 0 Å². The van der Waals surface area contributed by atoms with Crippen LogP contribution in [-0.2, 0) is 13.7 Å². The molecular weight excluding hydrogens is 433 g/mol. The number of benzene rings is 2. The van der Waals surface area contributed by atoms with E-state index in [1.54, 1.807) is 37.3 Å². The number of aryl methyl sites for hydroxylation is 2. The molecule has 28 heavy (non-hydrogen) atoms. The van der Waals surface area contributed by atoms with Crippen molar-refractivity contribution >= 4 is 32.0 Å². The lowest BCUT2D eigenvalue weighted by Gasteiger charge is -2.39. The normalized spacial score (nSPS) is 15.9. The van der Waals surface area contributed by atoms with Crippen LogP contribution in [-0.4, -0.2) is 19.1 Å². The highest BCUT2D eigenvalue weighted by Crippen LogP contribution is 2.67. The minimum Gasteiger partial charge on any atom is -0.203 e. The van der Waals surface area contributed by atoms with Crippen molar-refractivity contribution < 1.29 is 25.2 Å². The first-order valence-electron chi connectivity index (χ1n) is 8.30. The average Bonchev–Trinajstić information content (AvgIpc) is 2.61. The summed E-state index contributed by atoms with van der Waals surface area (Å²) in [6.07, 6.45) is 0. The van der Waals surface area contributed by atoms with Gasteiger partial charge in [0.1, 0.15) is 0 Å². The molecule has 0 aromatic heterocycles. The van der Waals surface area contributed by atoms with Crippen molar-refractivity contribution in [2.45, 2.75) is 49.9 Å². The van der Waals surface area contributed by atoms with Gasteiger partial charge in [0.05, 0.1) is 5.21 Å². The molecule has 2 aromatic carbocycles. The van der Waals surface area contributed by atoms with E-state index in [9.17, 15) is 21.6 Å². The fourth-order valence-corrected chi connectivity index (χ4v) is 8.24. The van der Waals surface area contributed by atoms with Gasteiger partial charge < -0.3 is 0 Å². The van der Waals surface area contributed by atoms with Crippen LogP contribution in [0.25, 0.3) is 0 Å². The van der Waals surface area contributed by atoms with Gasteiger partial charge in [-0.05, 0) is 85.4 Å². The quantitative estimate of drug-likeness (QED) is 0.386. The van der Waals surface area contributed by atoms with E-state index >= 15 is 0 Å². The molecule has 2 rings (SSSR count). The summed E-state index contributed by atoms with van der Waals surface area (Å²) < 4.78 is 68.5. The summed E-state index contributed by atoms with van der Waals surface area (Å²) in [7, 11) is -9.06. The predicted octanol–water partition coefficient (Wildman–Crippen LogP) is 6.43. The van der Waals surface area contributed by atoms with E-state index in [4.69, 9.17) is 15.2 Å². The summed E-state index contributed by atoms with van der Waals surface area (Å²) in [5.41, 5.74) is -1.36. The molecule has 0 aliphatic rings. The van der Waals surface area contributed by atoms with E-state index in [1.807, 2.05) is 27.7 Å². The maximum atomic E-state index is 13.2. The van der Waals surface area contributed by atoms with E-state index in [2.05, 4.69) is 0 Å².